The number of unbranched alkanes of at least 4 members (excludes halogenated alkanes) is 2. The van der Waals surface area contributed by atoms with Gasteiger partial charge in [0.25, 0.3) is 11.8 Å². The predicted octanol–water partition coefficient (Wildman–Crippen LogP) is -0.0206. The summed E-state index contributed by atoms with van der Waals surface area (Å²) in [6, 6.07) is 0. The molecule has 2 N–H and O–H groups in total. The van der Waals surface area contributed by atoms with E-state index in [1.165, 1.54) is 17.1 Å². The molecular formula is C14H18N2O6. The lowest BCUT2D eigenvalue weighted by Crippen LogP contribution is -2.30. The fourth-order valence-electron chi connectivity index (χ4n) is 1.88. The number of hydrogen-bond donors (Lipinski definition) is 2. The Labute approximate surface area is 127 Å². The number of carbonyl (C=O) groups is 5. The van der Waals surface area contributed by atoms with E-state index in [1.54, 1.807) is 0 Å². The number of hydrogen-bond acceptors (Lipinski definition) is 5. The molecule has 0 bridgehead atoms. The van der Waals surface area contributed by atoms with Crippen molar-refractivity contribution >= 4 is 29.6 Å². The molecule has 120 valence electrons. The molecule has 0 aromatic carbocycles. The van der Waals surface area contributed by atoms with Crippen molar-refractivity contribution in [1.82, 2.24) is 10.2 Å². The smallest absolute Gasteiger partial charge is 0.303 e. The van der Waals surface area contributed by atoms with E-state index in [-0.39, 0.29) is 30.0 Å². The molecule has 2 rings (SSSR count). The molecule has 22 heavy (non-hydrogen) atoms. The minimum atomic E-state index is -0.815. The Balaban J connectivity index is 0.000000287. The van der Waals surface area contributed by atoms with Gasteiger partial charge in [0.2, 0.25) is 11.8 Å². The van der Waals surface area contributed by atoms with Crippen LogP contribution in [0.5, 0.6) is 0 Å². The van der Waals surface area contributed by atoms with E-state index < -0.39 is 5.97 Å². The number of carboxylic acid groups (broad SMARTS) is 1. The number of nitrogens with one attached hydrogen (secondary N) is 1. The highest BCUT2D eigenvalue weighted by Gasteiger charge is 2.22. The highest BCUT2D eigenvalue weighted by atomic mass is 16.4. The van der Waals surface area contributed by atoms with E-state index in [0.717, 1.165) is 0 Å². The summed E-state index contributed by atoms with van der Waals surface area (Å²) in [5, 5.41) is 10.5. The van der Waals surface area contributed by atoms with Crippen molar-refractivity contribution < 1.29 is 29.1 Å². The van der Waals surface area contributed by atoms with Crippen LogP contribution in [0.1, 0.15) is 38.5 Å². The maximum Gasteiger partial charge on any atom is 0.303 e. The maximum atomic E-state index is 11.1. The summed E-state index contributed by atoms with van der Waals surface area (Å²) >= 11 is 0. The Kier molecular flexibility index (Phi) is 6.94. The van der Waals surface area contributed by atoms with Crippen LogP contribution in [0, 0.1) is 0 Å². The Morgan fingerprint density at radius 2 is 1.55 bits per heavy atom. The third-order valence-corrected chi connectivity index (χ3v) is 3.03. The van der Waals surface area contributed by atoms with Crippen molar-refractivity contribution in [1.29, 1.82) is 0 Å². The highest BCUT2D eigenvalue weighted by molar-refractivity contribution is 6.12. The normalized spacial score (nSPS) is 16.6. The summed E-state index contributed by atoms with van der Waals surface area (Å²) in [6.45, 7) is 0.379. The average molecular weight is 310 g/mol. The first-order valence-electron chi connectivity index (χ1n) is 6.98. The van der Waals surface area contributed by atoms with E-state index in [9.17, 15) is 24.0 Å². The molecule has 8 heteroatoms. The van der Waals surface area contributed by atoms with Gasteiger partial charge in [0.1, 0.15) is 0 Å². The Hall–Kier alpha value is -2.51. The number of aliphatic carboxylic acids is 1. The zero-order chi connectivity index (χ0) is 16.5. The van der Waals surface area contributed by atoms with Gasteiger partial charge in [0.05, 0.1) is 0 Å². The van der Waals surface area contributed by atoms with Crippen LogP contribution in [0.2, 0.25) is 0 Å². The molecule has 0 unspecified atom stereocenters. The second-order valence-electron chi connectivity index (χ2n) is 4.84. The summed E-state index contributed by atoms with van der Waals surface area (Å²) in [4.78, 5) is 53.8. The fraction of sp³-hybridized carbons (Fsp3) is 0.500. The van der Waals surface area contributed by atoms with E-state index in [1.807, 2.05) is 0 Å². The van der Waals surface area contributed by atoms with Crippen molar-refractivity contribution in [3.05, 3.63) is 12.2 Å². The third-order valence-electron chi connectivity index (χ3n) is 3.03. The van der Waals surface area contributed by atoms with Gasteiger partial charge in [-0.1, -0.05) is 6.42 Å². The van der Waals surface area contributed by atoms with E-state index in [0.29, 0.717) is 38.6 Å². The summed E-state index contributed by atoms with van der Waals surface area (Å²) < 4.78 is 0. The van der Waals surface area contributed by atoms with E-state index >= 15 is 0 Å². The molecule has 8 nitrogen and oxygen atoms in total. The van der Waals surface area contributed by atoms with Gasteiger partial charge in [-0.3, -0.25) is 34.2 Å². The molecule has 2 aliphatic rings. The monoisotopic (exact) mass is 310 g/mol. The summed E-state index contributed by atoms with van der Waals surface area (Å²) in [5.74, 6) is -1.67. The molecule has 0 aromatic heterocycles. The van der Waals surface area contributed by atoms with Crippen molar-refractivity contribution in [2.45, 2.75) is 38.5 Å². The van der Waals surface area contributed by atoms with Gasteiger partial charge in [-0.05, 0) is 12.8 Å². The van der Waals surface area contributed by atoms with Gasteiger partial charge in [-0.25, -0.2) is 0 Å². The highest BCUT2D eigenvalue weighted by Crippen LogP contribution is 2.07. The van der Waals surface area contributed by atoms with Gasteiger partial charge < -0.3 is 5.11 Å². The minimum Gasteiger partial charge on any atom is -0.481 e. The van der Waals surface area contributed by atoms with Crippen molar-refractivity contribution in [3.63, 3.8) is 0 Å². The molecule has 0 aromatic rings. The summed E-state index contributed by atoms with van der Waals surface area (Å²) in [7, 11) is 0. The lowest BCUT2D eigenvalue weighted by Gasteiger charge is -2.12. The number of rotatable bonds is 6. The summed E-state index contributed by atoms with van der Waals surface area (Å²) in [5.41, 5.74) is 0. The number of imide groups is 2. The minimum absolute atomic E-state index is 0.139. The number of carboxylic acids is 1. The Morgan fingerprint density at radius 3 is 1.95 bits per heavy atom. The summed E-state index contributed by atoms with van der Waals surface area (Å²) in [6.07, 6.45) is 5.34. The molecule has 0 saturated carbocycles. The van der Waals surface area contributed by atoms with Crippen LogP contribution < -0.4 is 5.32 Å². The van der Waals surface area contributed by atoms with E-state index in [2.05, 4.69) is 5.32 Å². The molecule has 1 fully saturated rings. The Bertz CT molecular complexity index is 479. The quantitative estimate of drug-likeness (QED) is 0.525. The van der Waals surface area contributed by atoms with Crippen LogP contribution in [-0.4, -0.2) is 46.1 Å². The van der Waals surface area contributed by atoms with Crippen molar-refractivity contribution in [2.75, 3.05) is 6.54 Å². The molecule has 2 heterocycles. The topological polar surface area (TPSA) is 121 Å². The SMILES string of the molecule is O=C(O)CCCCCN1C(=O)C=CC1=O.O=C1CCC(=O)N1. The molecule has 4 amide bonds. The third kappa shape index (κ3) is 6.29. The Morgan fingerprint density at radius 1 is 1.00 bits per heavy atom. The van der Waals surface area contributed by atoms with Crippen LogP contribution >= 0.6 is 0 Å². The first-order valence-corrected chi connectivity index (χ1v) is 6.98. The molecule has 0 aliphatic carbocycles. The molecule has 0 atom stereocenters. The van der Waals surface area contributed by atoms with Crippen LogP contribution in [0.3, 0.4) is 0 Å². The zero-order valence-corrected chi connectivity index (χ0v) is 12.0. The van der Waals surface area contributed by atoms with Gasteiger partial charge >= 0.3 is 5.97 Å². The largest absolute Gasteiger partial charge is 0.481 e. The number of carbonyl (C=O) groups excluding carboxylic acids is 4. The van der Waals surface area contributed by atoms with Crippen molar-refractivity contribution in [3.8, 4) is 0 Å². The molecular weight excluding hydrogens is 292 g/mol. The number of nitrogens with zero attached hydrogens (tertiary/aromatic N) is 1. The van der Waals surface area contributed by atoms with Crippen LogP contribution in [0.25, 0.3) is 0 Å². The van der Waals surface area contributed by atoms with Crippen LogP contribution in [-0.2, 0) is 24.0 Å². The average Bonchev–Trinajstić information content (AvgIpc) is 2.97. The second-order valence-corrected chi connectivity index (χ2v) is 4.84. The predicted molar refractivity (Wildman–Crippen MR) is 74.3 cm³/mol. The van der Waals surface area contributed by atoms with Crippen molar-refractivity contribution in [2.24, 2.45) is 0 Å². The van der Waals surface area contributed by atoms with E-state index in [4.69, 9.17) is 5.11 Å². The fourth-order valence-corrected chi connectivity index (χ4v) is 1.88. The van der Waals surface area contributed by atoms with Crippen LogP contribution in [0.4, 0.5) is 0 Å². The standard InChI is InChI=1S/C10H13NO4.C4H5NO2/c12-8-5-6-9(13)11(8)7-3-1-2-4-10(14)15;6-3-1-2-4(7)5-3/h5-6H,1-4,7H2,(H,14,15);1-2H2,(H,5,6,7). The molecule has 0 spiro atoms. The molecule has 0 radical (unpaired) electrons. The maximum absolute atomic E-state index is 11.1. The molecule has 1 saturated heterocycles. The van der Waals surface area contributed by atoms with Gasteiger partial charge in [0, 0.05) is 38.0 Å². The lowest BCUT2D eigenvalue weighted by molar-refractivity contribution is -0.138. The van der Waals surface area contributed by atoms with Crippen LogP contribution in [0.15, 0.2) is 12.2 Å². The van der Waals surface area contributed by atoms with Gasteiger partial charge in [-0.15, -0.1) is 0 Å². The lowest BCUT2D eigenvalue weighted by atomic mass is 10.2. The zero-order valence-electron chi connectivity index (χ0n) is 12.0. The first-order chi connectivity index (χ1) is 10.4. The number of amides is 4. The van der Waals surface area contributed by atoms with Gasteiger partial charge in [0.15, 0.2) is 0 Å². The second kappa shape index (κ2) is 8.71. The molecule has 2 aliphatic heterocycles. The van der Waals surface area contributed by atoms with Gasteiger partial charge in [-0.2, -0.15) is 0 Å². The first kappa shape index (κ1) is 17.5.